The van der Waals surface area contributed by atoms with Gasteiger partial charge in [0.1, 0.15) is 5.60 Å². The number of ether oxygens (including phenoxy) is 1. The molecule has 0 bridgehead atoms. The Morgan fingerprint density at radius 3 is 2.54 bits per heavy atom. The molecule has 0 aromatic heterocycles. The SMILES string of the molecule is CCC(CNC(=O)CCc1cccc(Cl)c1)(OC)c1ccccc1. The highest BCUT2D eigenvalue weighted by molar-refractivity contribution is 6.30. The maximum absolute atomic E-state index is 12.2. The number of hydrogen-bond donors (Lipinski definition) is 1. The number of hydrogen-bond acceptors (Lipinski definition) is 2. The summed E-state index contributed by atoms with van der Waals surface area (Å²) in [5, 5.41) is 3.71. The van der Waals surface area contributed by atoms with E-state index in [9.17, 15) is 4.79 Å². The first-order chi connectivity index (χ1) is 11.6. The van der Waals surface area contributed by atoms with Crippen LogP contribution in [0.4, 0.5) is 0 Å². The number of carbonyl (C=O) groups excluding carboxylic acids is 1. The fourth-order valence-corrected chi connectivity index (χ4v) is 3.00. The van der Waals surface area contributed by atoms with Crippen LogP contribution in [-0.4, -0.2) is 19.6 Å². The van der Waals surface area contributed by atoms with Crippen LogP contribution >= 0.6 is 11.6 Å². The minimum atomic E-state index is -0.493. The zero-order chi connectivity index (χ0) is 17.4. The third-order valence-electron chi connectivity index (χ3n) is 4.36. The maximum Gasteiger partial charge on any atom is 0.220 e. The highest BCUT2D eigenvalue weighted by Crippen LogP contribution is 2.28. The van der Waals surface area contributed by atoms with Gasteiger partial charge in [0.15, 0.2) is 0 Å². The Bertz CT molecular complexity index is 654. The van der Waals surface area contributed by atoms with Crippen molar-refractivity contribution in [2.75, 3.05) is 13.7 Å². The number of aryl methyl sites for hydroxylation is 1. The van der Waals surface area contributed by atoms with Crippen molar-refractivity contribution in [1.29, 1.82) is 0 Å². The fourth-order valence-electron chi connectivity index (χ4n) is 2.79. The predicted octanol–water partition coefficient (Wildman–Crippen LogP) is 4.34. The Kier molecular flexibility index (Phi) is 6.83. The number of rotatable bonds is 8. The molecule has 0 spiro atoms. The number of methoxy groups -OCH3 is 1. The molecule has 2 rings (SSSR count). The highest BCUT2D eigenvalue weighted by Gasteiger charge is 2.30. The monoisotopic (exact) mass is 345 g/mol. The third-order valence-corrected chi connectivity index (χ3v) is 4.60. The molecule has 2 aromatic carbocycles. The van der Waals surface area contributed by atoms with Crippen LogP contribution < -0.4 is 5.32 Å². The first kappa shape index (κ1) is 18.5. The lowest BCUT2D eigenvalue weighted by Gasteiger charge is -2.32. The smallest absolute Gasteiger partial charge is 0.220 e. The van der Waals surface area contributed by atoms with Gasteiger partial charge in [-0.05, 0) is 36.1 Å². The minimum Gasteiger partial charge on any atom is -0.372 e. The van der Waals surface area contributed by atoms with Gasteiger partial charge in [-0.2, -0.15) is 0 Å². The van der Waals surface area contributed by atoms with Crippen molar-refractivity contribution in [3.05, 3.63) is 70.7 Å². The summed E-state index contributed by atoms with van der Waals surface area (Å²) < 4.78 is 5.77. The van der Waals surface area contributed by atoms with Crippen molar-refractivity contribution >= 4 is 17.5 Å². The van der Waals surface area contributed by atoms with Gasteiger partial charge in [0.2, 0.25) is 5.91 Å². The van der Waals surface area contributed by atoms with E-state index in [2.05, 4.69) is 12.2 Å². The standard InChI is InChI=1S/C20H24ClNO2/c1-3-20(24-2,17-9-5-4-6-10-17)15-22-19(23)13-12-16-8-7-11-18(21)14-16/h4-11,14H,3,12-13,15H2,1-2H3,(H,22,23). The molecule has 0 aliphatic carbocycles. The molecule has 0 heterocycles. The van der Waals surface area contributed by atoms with Crippen LogP contribution in [0.25, 0.3) is 0 Å². The van der Waals surface area contributed by atoms with Crippen molar-refractivity contribution < 1.29 is 9.53 Å². The molecule has 0 aliphatic heterocycles. The van der Waals surface area contributed by atoms with Gasteiger partial charge in [-0.25, -0.2) is 0 Å². The second-order valence-electron chi connectivity index (χ2n) is 5.82. The summed E-state index contributed by atoms with van der Waals surface area (Å²) >= 11 is 5.97. The Morgan fingerprint density at radius 2 is 1.92 bits per heavy atom. The maximum atomic E-state index is 12.2. The Morgan fingerprint density at radius 1 is 1.17 bits per heavy atom. The first-order valence-corrected chi connectivity index (χ1v) is 8.59. The largest absolute Gasteiger partial charge is 0.372 e. The molecule has 0 radical (unpaired) electrons. The van der Waals surface area contributed by atoms with Gasteiger partial charge in [0, 0.05) is 18.6 Å². The van der Waals surface area contributed by atoms with Crippen molar-refractivity contribution in [2.45, 2.75) is 31.8 Å². The number of carbonyl (C=O) groups is 1. The number of nitrogens with one attached hydrogen (secondary N) is 1. The molecule has 4 heteroatoms. The summed E-state index contributed by atoms with van der Waals surface area (Å²) in [6.07, 6.45) is 1.88. The van der Waals surface area contributed by atoms with Gasteiger partial charge in [0.05, 0.1) is 6.54 Å². The zero-order valence-electron chi connectivity index (χ0n) is 14.2. The Balaban J connectivity index is 1.93. The number of halogens is 1. The van der Waals surface area contributed by atoms with Crippen LogP contribution in [0.2, 0.25) is 5.02 Å². The minimum absolute atomic E-state index is 0.0146. The van der Waals surface area contributed by atoms with Crippen LogP contribution in [0.3, 0.4) is 0 Å². The van der Waals surface area contributed by atoms with Crippen LogP contribution in [-0.2, 0) is 21.6 Å². The normalized spacial score (nSPS) is 13.3. The van der Waals surface area contributed by atoms with Gasteiger partial charge in [0.25, 0.3) is 0 Å². The van der Waals surface area contributed by atoms with Crippen molar-refractivity contribution in [3.8, 4) is 0 Å². The summed E-state index contributed by atoms with van der Waals surface area (Å²) in [7, 11) is 1.69. The quantitative estimate of drug-likeness (QED) is 0.772. The number of benzene rings is 2. The molecule has 0 saturated carbocycles. The van der Waals surface area contributed by atoms with Gasteiger partial charge in [-0.3, -0.25) is 4.79 Å². The van der Waals surface area contributed by atoms with E-state index in [4.69, 9.17) is 16.3 Å². The van der Waals surface area contributed by atoms with Gasteiger partial charge < -0.3 is 10.1 Å². The molecule has 2 aromatic rings. The van der Waals surface area contributed by atoms with Crippen LogP contribution in [0.15, 0.2) is 54.6 Å². The molecular formula is C20H24ClNO2. The Labute approximate surface area is 149 Å². The summed E-state index contributed by atoms with van der Waals surface area (Å²) in [6.45, 7) is 2.52. The molecule has 128 valence electrons. The molecule has 0 aliphatic rings. The summed E-state index contributed by atoms with van der Waals surface area (Å²) in [6, 6.07) is 17.6. The molecule has 1 unspecified atom stereocenters. The van der Waals surface area contributed by atoms with E-state index in [0.29, 0.717) is 24.4 Å². The second kappa shape index (κ2) is 8.86. The highest BCUT2D eigenvalue weighted by atomic mass is 35.5. The summed E-state index contributed by atoms with van der Waals surface area (Å²) in [5.41, 5.74) is 1.65. The predicted molar refractivity (Wildman–Crippen MR) is 98.2 cm³/mol. The van der Waals surface area contributed by atoms with Crippen LogP contribution in [0.1, 0.15) is 30.9 Å². The van der Waals surface area contributed by atoms with E-state index in [-0.39, 0.29) is 5.91 Å². The average molecular weight is 346 g/mol. The van der Waals surface area contributed by atoms with Crippen molar-refractivity contribution in [1.82, 2.24) is 5.32 Å². The van der Waals surface area contributed by atoms with Crippen LogP contribution in [0, 0.1) is 0 Å². The molecule has 1 N–H and O–H groups in total. The summed E-state index contributed by atoms with van der Waals surface area (Å²) in [5.74, 6) is 0.0146. The third kappa shape index (κ3) is 4.83. The molecular weight excluding hydrogens is 322 g/mol. The number of amides is 1. The van der Waals surface area contributed by atoms with Crippen LogP contribution in [0.5, 0.6) is 0 Å². The lowest BCUT2D eigenvalue weighted by atomic mass is 9.90. The van der Waals surface area contributed by atoms with Crippen molar-refractivity contribution in [2.24, 2.45) is 0 Å². The average Bonchev–Trinajstić information content (AvgIpc) is 2.62. The van der Waals surface area contributed by atoms with Crippen molar-refractivity contribution in [3.63, 3.8) is 0 Å². The molecule has 24 heavy (non-hydrogen) atoms. The Hall–Kier alpha value is -1.84. The van der Waals surface area contributed by atoms with Gasteiger partial charge in [-0.1, -0.05) is 61.0 Å². The van der Waals surface area contributed by atoms with Gasteiger partial charge >= 0.3 is 0 Å². The van der Waals surface area contributed by atoms with E-state index < -0.39 is 5.60 Å². The fraction of sp³-hybridized carbons (Fsp3) is 0.350. The first-order valence-electron chi connectivity index (χ1n) is 8.21. The van der Waals surface area contributed by atoms with E-state index in [1.165, 1.54) is 0 Å². The van der Waals surface area contributed by atoms with E-state index >= 15 is 0 Å². The molecule has 1 atom stereocenters. The molecule has 0 saturated heterocycles. The van der Waals surface area contributed by atoms with E-state index in [1.54, 1.807) is 7.11 Å². The zero-order valence-corrected chi connectivity index (χ0v) is 15.0. The van der Waals surface area contributed by atoms with E-state index in [1.807, 2.05) is 54.6 Å². The lowest BCUT2D eigenvalue weighted by Crippen LogP contribution is -2.42. The molecule has 0 fully saturated rings. The lowest BCUT2D eigenvalue weighted by molar-refractivity contribution is -0.123. The molecule has 1 amide bonds. The van der Waals surface area contributed by atoms with E-state index in [0.717, 1.165) is 17.5 Å². The topological polar surface area (TPSA) is 38.3 Å². The van der Waals surface area contributed by atoms with Gasteiger partial charge in [-0.15, -0.1) is 0 Å². The summed E-state index contributed by atoms with van der Waals surface area (Å²) in [4.78, 5) is 12.2. The molecule has 3 nitrogen and oxygen atoms in total. The second-order valence-corrected chi connectivity index (χ2v) is 6.26.